The van der Waals surface area contributed by atoms with Crippen LogP contribution >= 0.6 is 0 Å². The Balaban J connectivity index is 2.94. The molecule has 0 radical (unpaired) electrons. The number of benzene rings is 1. The Labute approximate surface area is 108 Å². The summed E-state index contributed by atoms with van der Waals surface area (Å²) in [5.41, 5.74) is 0.585. The quantitative estimate of drug-likeness (QED) is 0.710. The lowest BCUT2D eigenvalue weighted by atomic mass is 10.1. The Morgan fingerprint density at radius 2 is 1.63 bits per heavy atom. The van der Waals surface area contributed by atoms with E-state index in [0.717, 1.165) is 0 Å². The highest BCUT2D eigenvalue weighted by atomic mass is 16.4. The highest BCUT2D eigenvalue weighted by Gasteiger charge is 2.31. The van der Waals surface area contributed by atoms with Gasteiger partial charge in [0.05, 0.1) is 6.42 Å². The molecule has 1 atom stereocenters. The van der Waals surface area contributed by atoms with Crippen molar-refractivity contribution in [2.75, 3.05) is 0 Å². The van der Waals surface area contributed by atoms with Crippen molar-refractivity contribution in [3.05, 3.63) is 35.9 Å². The normalized spacial score (nSPS) is 11.6. The number of hydrogen-bond acceptors (Lipinski definition) is 3. The molecule has 1 rings (SSSR count). The van der Waals surface area contributed by atoms with E-state index < -0.39 is 30.5 Å². The van der Waals surface area contributed by atoms with Gasteiger partial charge >= 0.3 is 18.0 Å². The summed E-state index contributed by atoms with van der Waals surface area (Å²) >= 11 is 0. The van der Waals surface area contributed by atoms with Gasteiger partial charge < -0.3 is 15.3 Å². The van der Waals surface area contributed by atoms with Crippen molar-refractivity contribution in [3.63, 3.8) is 0 Å². The van der Waals surface area contributed by atoms with Crippen LogP contribution in [0.5, 0.6) is 0 Å². The topological polar surface area (TPSA) is 115 Å². The van der Waals surface area contributed by atoms with Crippen LogP contribution in [0.25, 0.3) is 0 Å². The fourth-order valence-corrected chi connectivity index (χ4v) is 1.59. The standard InChI is InChI=1S/C12H13NO6/c14-10(15)6-9(11(16)17)13(12(18)19)7-8-4-2-1-3-5-8/h1-5,9H,6-7H2,(H,14,15)(H,16,17)(H,18,19). The molecule has 0 fully saturated rings. The van der Waals surface area contributed by atoms with Crippen molar-refractivity contribution in [2.24, 2.45) is 0 Å². The van der Waals surface area contributed by atoms with E-state index in [1.807, 2.05) is 0 Å². The monoisotopic (exact) mass is 267 g/mol. The van der Waals surface area contributed by atoms with Gasteiger partial charge in [0.2, 0.25) is 0 Å². The second-order valence-corrected chi connectivity index (χ2v) is 3.85. The molecule has 0 saturated carbocycles. The molecule has 7 nitrogen and oxygen atoms in total. The summed E-state index contributed by atoms with van der Waals surface area (Å²) in [6.07, 6.45) is -2.26. The highest BCUT2D eigenvalue weighted by molar-refractivity contribution is 5.84. The molecular weight excluding hydrogens is 254 g/mol. The zero-order valence-electron chi connectivity index (χ0n) is 9.89. The van der Waals surface area contributed by atoms with Crippen LogP contribution in [0.2, 0.25) is 0 Å². The number of nitrogens with zero attached hydrogens (tertiary/aromatic N) is 1. The van der Waals surface area contributed by atoms with Crippen molar-refractivity contribution >= 4 is 18.0 Å². The van der Waals surface area contributed by atoms with Crippen LogP contribution in [0.3, 0.4) is 0 Å². The summed E-state index contributed by atoms with van der Waals surface area (Å²) in [6.45, 7) is -0.180. The molecule has 1 aromatic rings. The minimum absolute atomic E-state index is 0.180. The summed E-state index contributed by atoms with van der Waals surface area (Å²) < 4.78 is 0. The molecule has 0 heterocycles. The molecule has 0 aliphatic rings. The molecule has 1 unspecified atom stereocenters. The maximum Gasteiger partial charge on any atom is 0.408 e. The van der Waals surface area contributed by atoms with Crippen LogP contribution < -0.4 is 0 Å². The first-order valence-corrected chi connectivity index (χ1v) is 5.40. The third-order valence-corrected chi connectivity index (χ3v) is 2.47. The van der Waals surface area contributed by atoms with E-state index in [4.69, 9.17) is 15.3 Å². The van der Waals surface area contributed by atoms with Gasteiger partial charge in [-0.15, -0.1) is 0 Å². The summed E-state index contributed by atoms with van der Waals surface area (Å²) in [4.78, 5) is 33.3. The van der Waals surface area contributed by atoms with E-state index in [1.165, 1.54) is 0 Å². The average molecular weight is 267 g/mol. The molecule has 1 aromatic carbocycles. The van der Waals surface area contributed by atoms with Gasteiger partial charge in [0.1, 0.15) is 6.04 Å². The molecule has 0 aliphatic carbocycles. The minimum Gasteiger partial charge on any atom is -0.481 e. The van der Waals surface area contributed by atoms with Gasteiger partial charge in [-0.2, -0.15) is 0 Å². The smallest absolute Gasteiger partial charge is 0.408 e. The number of carboxylic acids is 2. The highest BCUT2D eigenvalue weighted by Crippen LogP contribution is 2.12. The second-order valence-electron chi connectivity index (χ2n) is 3.85. The molecule has 0 aliphatic heterocycles. The number of aliphatic carboxylic acids is 2. The van der Waals surface area contributed by atoms with E-state index >= 15 is 0 Å². The van der Waals surface area contributed by atoms with Gasteiger partial charge in [0.25, 0.3) is 0 Å². The van der Waals surface area contributed by atoms with Crippen molar-refractivity contribution in [1.82, 2.24) is 4.90 Å². The summed E-state index contributed by atoms with van der Waals surface area (Å²) in [5, 5.41) is 26.6. The Kier molecular flexibility index (Phi) is 4.87. The van der Waals surface area contributed by atoms with Gasteiger partial charge in [-0.1, -0.05) is 30.3 Å². The molecule has 19 heavy (non-hydrogen) atoms. The summed E-state index contributed by atoms with van der Waals surface area (Å²) in [7, 11) is 0. The number of carbonyl (C=O) groups is 3. The Morgan fingerprint density at radius 1 is 1.05 bits per heavy atom. The lowest BCUT2D eigenvalue weighted by molar-refractivity contribution is -0.149. The van der Waals surface area contributed by atoms with Crippen molar-refractivity contribution in [3.8, 4) is 0 Å². The first-order valence-electron chi connectivity index (χ1n) is 5.40. The Hall–Kier alpha value is -2.57. The molecule has 0 saturated heterocycles. The lowest BCUT2D eigenvalue weighted by Crippen LogP contribution is -2.45. The SMILES string of the molecule is O=C(O)CC(C(=O)O)N(Cc1ccccc1)C(=O)O. The fourth-order valence-electron chi connectivity index (χ4n) is 1.59. The first-order chi connectivity index (χ1) is 8.91. The lowest BCUT2D eigenvalue weighted by Gasteiger charge is -2.25. The maximum absolute atomic E-state index is 11.1. The molecule has 7 heteroatoms. The fraction of sp³-hybridized carbons (Fsp3) is 0.250. The van der Waals surface area contributed by atoms with Gasteiger partial charge in [-0.3, -0.25) is 9.69 Å². The van der Waals surface area contributed by atoms with Crippen LogP contribution in [0.1, 0.15) is 12.0 Å². The number of amides is 1. The molecule has 3 N–H and O–H groups in total. The number of carboxylic acid groups (broad SMARTS) is 3. The molecule has 0 aromatic heterocycles. The second kappa shape index (κ2) is 6.39. The van der Waals surface area contributed by atoms with Crippen LogP contribution in [0.4, 0.5) is 4.79 Å². The molecule has 102 valence electrons. The van der Waals surface area contributed by atoms with Gasteiger partial charge in [-0.25, -0.2) is 9.59 Å². The van der Waals surface area contributed by atoms with Crippen molar-refractivity contribution in [1.29, 1.82) is 0 Å². The number of rotatable bonds is 6. The van der Waals surface area contributed by atoms with Crippen molar-refractivity contribution < 1.29 is 29.7 Å². The molecular formula is C12H13NO6. The Bertz CT molecular complexity index is 472. The van der Waals surface area contributed by atoms with E-state index in [-0.39, 0.29) is 6.54 Å². The van der Waals surface area contributed by atoms with Crippen LogP contribution in [-0.2, 0) is 16.1 Å². The molecule has 0 bridgehead atoms. The van der Waals surface area contributed by atoms with E-state index in [9.17, 15) is 14.4 Å². The van der Waals surface area contributed by atoms with Crippen LogP contribution in [0, 0.1) is 0 Å². The summed E-state index contributed by atoms with van der Waals surface area (Å²) in [5.74, 6) is -2.85. The van der Waals surface area contributed by atoms with Gasteiger partial charge in [0.15, 0.2) is 0 Å². The van der Waals surface area contributed by atoms with Gasteiger partial charge in [-0.05, 0) is 5.56 Å². The number of hydrogen-bond donors (Lipinski definition) is 3. The Morgan fingerprint density at radius 3 is 2.05 bits per heavy atom. The average Bonchev–Trinajstić information content (AvgIpc) is 2.34. The summed E-state index contributed by atoms with van der Waals surface area (Å²) in [6, 6.07) is 6.76. The first kappa shape index (κ1) is 14.5. The predicted molar refractivity (Wildman–Crippen MR) is 63.7 cm³/mol. The van der Waals surface area contributed by atoms with E-state index in [2.05, 4.69) is 0 Å². The van der Waals surface area contributed by atoms with Gasteiger partial charge in [0, 0.05) is 6.54 Å². The maximum atomic E-state index is 11.1. The third kappa shape index (κ3) is 4.30. The largest absolute Gasteiger partial charge is 0.481 e. The van der Waals surface area contributed by atoms with Crippen LogP contribution in [-0.4, -0.2) is 44.3 Å². The van der Waals surface area contributed by atoms with Crippen molar-refractivity contribution in [2.45, 2.75) is 19.0 Å². The third-order valence-electron chi connectivity index (χ3n) is 2.47. The van der Waals surface area contributed by atoms with Crippen LogP contribution in [0.15, 0.2) is 30.3 Å². The van der Waals surface area contributed by atoms with E-state index in [1.54, 1.807) is 30.3 Å². The zero-order valence-corrected chi connectivity index (χ0v) is 9.89. The molecule has 1 amide bonds. The minimum atomic E-state index is -1.62. The zero-order chi connectivity index (χ0) is 14.4. The van der Waals surface area contributed by atoms with E-state index in [0.29, 0.717) is 10.5 Å². The molecule has 0 spiro atoms. The predicted octanol–water partition coefficient (Wildman–Crippen LogP) is 1.09.